The number of rotatable bonds is 6. The molecule has 0 atom stereocenters. The third-order valence-corrected chi connectivity index (χ3v) is 2.00. The van der Waals surface area contributed by atoms with Crippen molar-refractivity contribution in [3.05, 3.63) is 0 Å². The van der Waals surface area contributed by atoms with Gasteiger partial charge in [-0.15, -0.1) is 0 Å². The summed E-state index contributed by atoms with van der Waals surface area (Å²) in [5.74, 6) is -0.0613. The van der Waals surface area contributed by atoms with Gasteiger partial charge in [-0.2, -0.15) is 5.26 Å². The monoisotopic (exact) mass is 197 g/mol. The van der Waals surface area contributed by atoms with Gasteiger partial charge in [0.15, 0.2) is 0 Å². The summed E-state index contributed by atoms with van der Waals surface area (Å²) in [6.07, 6.45) is 0.952. The molecule has 4 heteroatoms. The Bertz CT molecular complexity index is 208. The van der Waals surface area contributed by atoms with Gasteiger partial charge in [0, 0.05) is 13.1 Å². The van der Waals surface area contributed by atoms with Crippen LogP contribution in [0.15, 0.2) is 0 Å². The van der Waals surface area contributed by atoms with Crippen molar-refractivity contribution in [1.82, 2.24) is 9.80 Å². The highest BCUT2D eigenvalue weighted by Crippen LogP contribution is 1.96. The Morgan fingerprint density at radius 2 is 2.00 bits per heavy atom. The van der Waals surface area contributed by atoms with Crippen LogP contribution >= 0.6 is 0 Å². The van der Waals surface area contributed by atoms with Gasteiger partial charge in [0.2, 0.25) is 5.91 Å². The van der Waals surface area contributed by atoms with Gasteiger partial charge in [0.1, 0.15) is 6.42 Å². The highest BCUT2D eigenvalue weighted by molar-refractivity contribution is 5.78. The van der Waals surface area contributed by atoms with E-state index >= 15 is 0 Å². The SMILES string of the molecule is CCN(CCCN(C)C)C(=O)CC#N. The lowest BCUT2D eigenvalue weighted by Crippen LogP contribution is -2.32. The molecule has 0 spiro atoms. The van der Waals surface area contributed by atoms with E-state index in [0.717, 1.165) is 19.5 Å². The molecule has 80 valence electrons. The standard InChI is InChI=1S/C10H19N3O/c1-4-13(10(14)6-7-11)9-5-8-12(2)3/h4-6,8-9H2,1-3H3. The van der Waals surface area contributed by atoms with Gasteiger partial charge in [-0.3, -0.25) is 4.79 Å². The molecule has 0 N–H and O–H groups in total. The first-order chi connectivity index (χ1) is 6.61. The van der Waals surface area contributed by atoms with Crippen LogP contribution in [0.3, 0.4) is 0 Å². The molecule has 0 saturated carbocycles. The molecule has 0 heterocycles. The molecule has 0 aliphatic rings. The van der Waals surface area contributed by atoms with Crippen LogP contribution in [0.1, 0.15) is 19.8 Å². The molecule has 0 fully saturated rings. The minimum Gasteiger partial charge on any atom is -0.342 e. The van der Waals surface area contributed by atoms with E-state index in [1.807, 2.05) is 27.1 Å². The van der Waals surface area contributed by atoms with Gasteiger partial charge >= 0.3 is 0 Å². The summed E-state index contributed by atoms with van der Waals surface area (Å²) >= 11 is 0. The molecule has 4 nitrogen and oxygen atoms in total. The molecule has 14 heavy (non-hydrogen) atoms. The maximum Gasteiger partial charge on any atom is 0.236 e. The lowest BCUT2D eigenvalue weighted by molar-refractivity contribution is -0.130. The molecule has 0 aromatic carbocycles. The predicted molar refractivity (Wildman–Crippen MR) is 55.7 cm³/mol. The number of carbonyl (C=O) groups excluding carboxylic acids is 1. The summed E-state index contributed by atoms with van der Waals surface area (Å²) in [5, 5.41) is 8.39. The third-order valence-electron chi connectivity index (χ3n) is 2.00. The molecule has 1 amide bonds. The van der Waals surface area contributed by atoms with Gasteiger partial charge in [0.05, 0.1) is 6.07 Å². The summed E-state index contributed by atoms with van der Waals surface area (Å²) in [6, 6.07) is 1.88. The minimum atomic E-state index is -0.0613. The third kappa shape index (κ3) is 5.55. The van der Waals surface area contributed by atoms with Crippen molar-refractivity contribution in [2.45, 2.75) is 19.8 Å². The smallest absolute Gasteiger partial charge is 0.236 e. The van der Waals surface area contributed by atoms with E-state index in [-0.39, 0.29) is 12.3 Å². The molecular formula is C10H19N3O. The molecule has 0 aromatic heterocycles. The van der Waals surface area contributed by atoms with Crippen molar-refractivity contribution >= 4 is 5.91 Å². The molecule has 0 saturated heterocycles. The van der Waals surface area contributed by atoms with Gasteiger partial charge in [-0.25, -0.2) is 0 Å². The molecule has 0 unspecified atom stereocenters. The van der Waals surface area contributed by atoms with Crippen molar-refractivity contribution in [2.75, 3.05) is 33.7 Å². The summed E-state index contributed by atoms with van der Waals surface area (Å²) in [6.45, 7) is 4.34. The van der Waals surface area contributed by atoms with Crippen LogP contribution in [0.5, 0.6) is 0 Å². The Hall–Kier alpha value is -1.08. The van der Waals surface area contributed by atoms with E-state index in [4.69, 9.17) is 5.26 Å². The molecule has 0 aromatic rings. The van der Waals surface area contributed by atoms with Crippen molar-refractivity contribution in [3.8, 4) is 6.07 Å². The molecular weight excluding hydrogens is 178 g/mol. The van der Waals surface area contributed by atoms with E-state index in [1.165, 1.54) is 0 Å². The highest BCUT2D eigenvalue weighted by atomic mass is 16.2. The Kier molecular flexibility index (Phi) is 6.77. The van der Waals surface area contributed by atoms with E-state index in [2.05, 4.69) is 4.90 Å². The van der Waals surface area contributed by atoms with E-state index in [9.17, 15) is 4.79 Å². The topological polar surface area (TPSA) is 47.3 Å². The fraction of sp³-hybridized carbons (Fsp3) is 0.800. The van der Waals surface area contributed by atoms with Gasteiger partial charge in [0.25, 0.3) is 0 Å². The number of nitriles is 1. The summed E-state index contributed by atoms with van der Waals surface area (Å²) in [4.78, 5) is 15.2. The second kappa shape index (κ2) is 7.34. The number of hydrogen-bond acceptors (Lipinski definition) is 3. The van der Waals surface area contributed by atoms with Crippen LogP contribution in [0, 0.1) is 11.3 Å². The van der Waals surface area contributed by atoms with E-state index in [1.54, 1.807) is 4.90 Å². The highest BCUT2D eigenvalue weighted by Gasteiger charge is 2.09. The second-order valence-corrected chi connectivity index (χ2v) is 3.47. The minimum absolute atomic E-state index is 0.00416. The zero-order chi connectivity index (χ0) is 11.0. The average molecular weight is 197 g/mol. The Labute approximate surface area is 86.1 Å². The Morgan fingerprint density at radius 1 is 1.36 bits per heavy atom. The van der Waals surface area contributed by atoms with Gasteiger partial charge in [-0.1, -0.05) is 0 Å². The summed E-state index contributed by atoms with van der Waals surface area (Å²) in [5.41, 5.74) is 0. The maximum absolute atomic E-state index is 11.3. The van der Waals surface area contributed by atoms with E-state index in [0.29, 0.717) is 6.54 Å². The van der Waals surface area contributed by atoms with Crippen LogP contribution in [-0.2, 0) is 4.79 Å². The summed E-state index contributed by atoms with van der Waals surface area (Å²) < 4.78 is 0. The summed E-state index contributed by atoms with van der Waals surface area (Å²) in [7, 11) is 4.01. The molecule has 0 bridgehead atoms. The Morgan fingerprint density at radius 3 is 2.43 bits per heavy atom. The fourth-order valence-corrected chi connectivity index (χ4v) is 1.22. The van der Waals surface area contributed by atoms with Crippen LogP contribution in [0.25, 0.3) is 0 Å². The van der Waals surface area contributed by atoms with Crippen LogP contribution in [0.2, 0.25) is 0 Å². The molecule has 0 radical (unpaired) electrons. The molecule has 0 aliphatic heterocycles. The zero-order valence-corrected chi connectivity index (χ0v) is 9.29. The van der Waals surface area contributed by atoms with Crippen LogP contribution in [-0.4, -0.2) is 49.4 Å². The first-order valence-electron chi connectivity index (χ1n) is 4.91. The average Bonchev–Trinajstić information content (AvgIpc) is 2.12. The number of amides is 1. The van der Waals surface area contributed by atoms with Gasteiger partial charge in [-0.05, 0) is 34.0 Å². The number of carbonyl (C=O) groups is 1. The fourth-order valence-electron chi connectivity index (χ4n) is 1.22. The predicted octanol–water partition coefficient (Wildman–Crippen LogP) is 0.700. The van der Waals surface area contributed by atoms with Crippen molar-refractivity contribution in [1.29, 1.82) is 5.26 Å². The Balaban J connectivity index is 3.80. The zero-order valence-electron chi connectivity index (χ0n) is 9.29. The normalized spacial score (nSPS) is 9.93. The quantitative estimate of drug-likeness (QED) is 0.629. The number of nitrogens with zero attached hydrogens (tertiary/aromatic N) is 3. The maximum atomic E-state index is 11.3. The van der Waals surface area contributed by atoms with Crippen molar-refractivity contribution in [3.63, 3.8) is 0 Å². The van der Waals surface area contributed by atoms with Crippen LogP contribution in [0.4, 0.5) is 0 Å². The second-order valence-electron chi connectivity index (χ2n) is 3.47. The first-order valence-corrected chi connectivity index (χ1v) is 4.91. The molecule has 0 aliphatic carbocycles. The first kappa shape index (κ1) is 12.9. The van der Waals surface area contributed by atoms with Crippen LogP contribution < -0.4 is 0 Å². The molecule has 0 rings (SSSR count). The lowest BCUT2D eigenvalue weighted by atomic mass is 10.3. The largest absolute Gasteiger partial charge is 0.342 e. The van der Waals surface area contributed by atoms with Crippen molar-refractivity contribution < 1.29 is 4.79 Å². The van der Waals surface area contributed by atoms with Crippen molar-refractivity contribution in [2.24, 2.45) is 0 Å². The number of hydrogen-bond donors (Lipinski definition) is 0. The van der Waals surface area contributed by atoms with E-state index < -0.39 is 0 Å². The lowest BCUT2D eigenvalue weighted by Gasteiger charge is -2.20. The van der Waals surface area contributed by atoms with Gasteiger partial charge < -0.3 is 9.80 Å².